The molecule has 0 saturated carbocycles. The molecular formula is C16H19Cl3N2. The Hall–Kier alpha value is -0.770. The molecule has 2 aromatic carbocycles. The van der Waals surface area contributed by atoms with E-state index in [1.165, 1.54) is 11.1 Å². The van der Waals surface area contributed by atoms with Crippen molar-refractivity contribution in [2.24, 2.45) is 0 Å². The average Bonchev–Trinajstić information content (AvgIpc) is 2.41. The topological polar surface area (TPSA) is 12.0 Å². The van der Waals surface area contributed by atoms with Gasteiger partial charge in [-0.1, -0.05) is 47.5 Å². The molecule has 0 aliphatic rings. The third-order valence-electron chi connectivity index (χ3n) is 3.12. The van der Waals surface area contributed by atoms with Gasteiger partial charge in [-0.3, -0.25) is 0 Å². The molecule has 0 bridgehead atoms. The number of rotatable bonds is 5. The SMILES string of the molecule is C[N+](C)(Cc1ccc(Cl)cc1)NCc1ccc(Cl)cc1.[Cl-]. The van der Waals surface area contributed by atoms with Crippen LogP contribution in [0.25, 0.3) is 0 Å². The maximum atomic E-state index is 5.91. The molecule has 2 rings (SSSR count). The molecule has 0 aliphatic heterocycles. The van der Waals surface area contributed by atoms with Crippen molar-refractivity contribution in [2.75, 3.05) is 14.1 Å². The van der Waals surface area contributed by atoms with Crippen LogP contribution in [0.4, 0.5) is 0 Å². The van der Waals surface area contributed by atoms with Gasteiger partial charge in [-0.25, -0.2) is 4.59 Å². The van der Waals surface area contributed by atoms with Gasteiger partial charge in [0.15, 0.2) is 0 Å². The normalized spacial score (nSPS) is 11.0. The average molecular weight is 346 g/mol. The van der Waals surface area contributed by atoms with Crippen molar-refractivity contribution < 1.29 is 17.0 Å². The summed E-state index contributed by atoms with van der Waals surface area (Å²) in [4.78, 5) is 0. The second-order valence-electron chi connectivity index (χ2n) is 5.43. The predicted molar refractivity (Wildman–Crippen MR) is 85.6 cm³/mol. The van der Waals surface area contributed by atoms with E-state index in [9.17, 15) is 0 Å². The summed E-state index contributed by atoms with van der Waals surface area (Å²) in [6.45, 7) is 1.70. The molecule has 114 valence electrons. The van der Waals surface area contributed by atoms with Gasteiger partial charge in [-0.15, -0.1) is 0 Å². The lowest BCUT2D eigenvalue weighted by Crippen LogP contribution is -3.00. The van der Waals surface area contributed by atoms with E-state index in [1.807, 2.05) is 36.4 Å². The third kappa shape index (κ3) is 6.25. The van der Waals surface area contributed by atoms with Crippen LogP contribution in [0.5, 0.6) is 0 Å². The van der Waals surface area contributed by atoms with Crippen LogP contribution in [-0.2, 0) is 13.1 Å². The third-order valence-corrected chi connectivity index (χ3v) is 3.62. The van der Waals surface area contributed by atoms with E-state index in [0.29, 0.717) is 4.59 Å². The first-order chi connectivity index (χ1) is 9.44. The van der Waals surface area contributed by atoms with Crippen LogP contribution in [0.2, 0.25) is 10.0 Å². The zero-order valence-corrected chi connectivity index (χ0v) is 14.4. The Labute approximate surface area is 142 Å². The van der Waals surface area contributed by atoms with Gasteiger partial charge in [0.1, 0.15) is 6.54 Å². The van der Waals surface area contributed by atoms with Crippen molar-refractivity contribution in [3.05, 3.63) is 69.7 Å². The van der Waals surface area contributed by atoms with Crippen LogP contribution in [0.3, 0.4) is 0 Å². The van der Waals surface area contributed by atoms with Gasteiger partial charge < -0.3 is 12.4 Å². The minimum atomic E-state index is 0. The summed E-state index contributed by atoms with van der Waals surface area (Å²) in [6, 6.07) is 15.9. The minimum absolute atomic E-state index is 0. The van der Waals surface area contributed by atoms with E-state index in [1.54, 1.807) is 0 Å². The molecule has 0 aliphatic carbocycles. The first-order valence-electron chi connectivity index (χ1n) is 6.52. The molecule has 1 N–H and O–H groups in total. The molecule has 0 saturated heterocycles. The summed E-state index contributed by atoms with van der Waals surface area (Å²) >= 11 is 11.8. The standard InChI is InChI=1S/C16H19Cl2N2.ClH/c1-20(2,12-14-5-9-16(18)10-6-14)19-11-13-3-7-15(17)8-4-13;/h3-10,19H,11-12H2,1-2H3;1H/q+1;/p-1. The molecule has 2 aromatic rings. The fourth-order valence-corrected chi connectivity index (χ4v) is 2.26. The number of quaternary nitrogens is 1. The zero-order valence-electron chi connectivity index (χ0n) is 12.1. The maximum Gasteiger partial charge on any atom is 0.121 e. The highest BCUT2D eigenvalue weighted by Crippen LogP contribution is 2.13. The maximum absolute atomic E-state index is 5.91. The lowest BCUT2D eigenvalue weighted by molar-refractivity contribution is -0.948. The van der Waals surface area contributed by atoms with E-state index in [4.69, 9.17) is 23.2 Å². The number of halogens is 3. The second-order valence-corrected chi connectivity index (χ2v) is 6.30. The highest BCUT2D eigenvalue weighted by Gasteiger charge is 2.15. The van der Waals surface area contributed by atoms with E-state index < -0.39 is 0 Å². The van der Waals surface area contributed by atoms with Crippen LogP contribution in [0.1, 0.15) is 11.1 Å². The molecule has 0 amide bonds. The lowest BCUT2D eigenvalue weighted by Gasteiger charge is -2.29. The molecule has 21 heavy (non-hydrogen) atoms. The Kier molecular flexibility index (Phi) is 6.98. The summed E-state index contributed by atoms with van der Waals surface area (Å²) < 4.78 is 0.699. The van der Waals surface area contributed by atoms with Crippen LogP contribution < -0.4 is 17.8 Å². The van der Waals surface area contributed by atoms with Gasteiger partial charge in [0.05, 0.1) is 20.6 Å². The molecule has 0 atom stereocenters. The minimum Gasteiger partial charge on any atom is -1.00 e. The van der Waals surface area contributed by atoms with Gasteiger partial charge in [-0.05, 0) is 29.8 Å². The van der Waals surface area contributed by atoms with Gasteiger partial charge in [-0.2, -0.15) is 5.43 Å². The second kappa shape index (κ2) is 8.02. The molecule has 5 heteroatoms. The summed E-state index contributed by atoms with van der Waals surface area (Å²) in [5, 5.41) is 1.54. The van der Waals surface area contributed by atoms with Gasteiger partial charge >= 0.3 is 0 Å². The fourth-order valence-electron chi connectivity index (χ4n) is 2.01. The van der Waals surface area contributed by atoms with Crippen molar-refractivity contribution in [3.63, 3.8) is 0 Å². The highest BCUT2D eigenvalue weighted by atomic mass is 35.5. The predicted octanol–water partition coefficient (Wildman–Crippen LogP) is 1.28. The number of hydrogen-bond donors (Lipinski definition) is 1. The first kappa shape index (κ1) is 18.3. The van der Waals surface area contributed by atoms with E-state index in [-0.39, 0.29) is 12.4 Å². The summed E-state index contributed by atoms with van der Waals surface area (Å²) in [5.74, 6) is 0. The summed E-state index contributed by atoms with van der Waals surface area (Å²) in [5.41, 5.74) is 5.99. The monoisotopic (exact) mass is 344 g/mol. The van der Waals surface area contributed by atoms with Crippen LogP contribution in [-0.4, -0.2) is 18.7 Å². The largest absolute Gasteiger partial charge is 1.00 e. The number of nitrogens with zero attached hydrogens (tertiary/aromatic N) is 1. The van der Waals surface area contributed by atoms with Gasteiger partial charge in [0.25, 0.3) is 0 Å². The van der Waals surface area contributed by atoms with Crippen molar-refractivity contribution in [2.45, 2.75) is 13.1 Å². The first-order valence-corrected chi connectivity index (χ1v) is 7.27. The molecule has 0 fully saturated rings. The van der Waals surface area contributed by atoms with E-state index >= 15 is 0 Å². The van der Waals surface area contributed by atoms with Gasteiger partial charge in [0, 0.05) is 15.6 Å². The van der Waals surface area contributed by atoms with Crippen molar-refractivity contribution in [1.29, 1.82) is 0 Å². The van der Waals surface area contributed by atoms with E-state index in [0.717, 1.165) is 23.1 Å². The van der Waals surface area contributed by atoms with E-state index in [2.05, 4.69) is 31.7 Å². The van der Waals surface area contributed by atoms with Crippen LogP contribution in [0.15, 0.2) is 48.5 Å². The number of nitrogens with one attached hydrogen (secondary N) is 1. The molecule has 0 radical (unpaired) electrons. The van der Waals surface area contributed by atoms with Crippen LogP contribution in [0, 0.1) is 0 Å². The fraction of sp³-hybridized carbons (Fsp3) is 0.250. The molecule has 0 aromatic heterocycles. The quantitative estimate of drug-likeness (QED) is 0.636. The number of benzene rings is 2. The lowest BCUT2D eigenvalue weighted by atomic mass is 10.2. The molecule has 0 heterocycles. The zero-order chi connectivity index (χ0) is 14.6. The Bertz CT molecular complexity index is 551. The molecular weight excluding hydrogens is 327 g/mol. The molecule has 2 nitrogen and oxygen atoms in total. The van der Waals surface area contributed by atoms with Crippen molar-refractivity contribution in [3.8, 4) is 0 Å². The van der Waals surface area contributed by atoms with Crippen molar-refractivity contribution >= 4 is 23.2 Å². The smallest absolute Gasteiger partial charge is 0.121 e. The number of hydrogen-bond acceptors (Lipinski definition) is 1. The Morgan fingerprint density at radius 3 is 1.71 bits per heavy atom. The van der Waals surface area contributed by atoms with Crippen molar-refractivity contribution in [1.82, 2.24) is 5.43 Å². The highest BCUT2D eigenvalue weighted by molar-refractivity contribution is 6.30. The summed E-state index contributed by atoms with van der Waals surface area (Å²) in [7, 11) is 4.29. The Balaban J connectivity index is 0.00000220. The Morgan fingerprint density at radius 2 is 1.24 bits per heavy atom. The van der Waals surface area contributed by atoms with Crippen LogP contribution >= 0.6 is 23.2 Å². The molecule has 0 spiro atoms. The Morgan fingerprint density at radius 1 is 0.810 bits per heavy atom. The van der Waals surface area contributed by atoms with Gasteiger partial charge in [0.2, 0.25) is 0 Å². The molecule has 0 unspecified atom stereocenters. The summed E-state index contributed by atoms with van der Waals surface area (Å²) in [6.07, 6.45) is 0.